The van der Waals surface area contributed by atoms with Crippen LogP contribution in [0.15, 0.2) is 66.7 Å². The fourth-order valence-corrected chi connectivity index (χ4v) is 4.59. The first-order valence-corrected chi connectivity index (χ1v) is 11.2. The second-order valence-corrected chi connectivity index (χ2v) is 8.74. The fourth-order valence-electron chi connectivity index (χ4n) is 4.59. The Kier molecular flexibility index (Phi) is 6.01. The Morgan fingerprint density at radius 2 is 1.71 bits per heavy atom. The minimum absolute atomic E-state index is 0.0128. The highest BCUT2D eigenvalue weighted by molar-refractivity contribution is 5.91. The molecule has 0 bridgehead atoms. The minimum atomic E-state index is -0.668. The second-order valence-electron chi connectivity index (χ2n) is 8.74. The minimum Gasteiger partial charge on any atom is -0.445 e. The van der Waals surface area contributed by atoms with E-state index in [9.17, 15) is 18.0 Å². The zero-order valence-electron chi connectivity index (χ0n) is 18.3. The summed E-state index contributed by atoms with van der Waals surface area (Å²) in [5, 5.41) is 3.36. The van der Waals surface area contributed by atoms with Crippen LogP contribution >= 0.6 is 0 Å². The van der Waals surface area contributed by atoms with E-state index in [1.54, 1.807) is 12.1 Å². The van der Waals surface area contributed by atoms with Crippen LogP contribution in [0.4, 0.5) is 18.0 Å². The van der Waals surface area contributed by atoms with Crippen LogP contribution in [0.3, 0.4) is 0 Å². The number of aromatic amines is 1. The van der Waals surface area contributed by atoms with E-state index in [4.69, 9.17) is 4.74 Å². The standard InChI is InChI=1S/C27H23F3N2O2/c28-19-8-6-18(7-9-19)25-22(23-13-20(29)14-24(30)26(23)32-25)12-17-10-21(11-17)31-27(33)34-15-16-4-2-1-3-5-16/h1-9,13-14,17,21,32H,10-12,15H2,(H,31,33)/t17-,21+. The van der Waals surface area contributed by atoms with Crippen LogP contribution in [0.1, 0.15) is 24.0 Å². The molecule has 2 N–H and O–H groups in total. The van der Waals surface area contributed by atoms with Gasteiger partial charge in [0, 0.05) is 23.2 Å². The molecule has 0 unspecified atom stereocenters. The number of alkyl carbamates (subject to hydrolysis) is 1. The summed E-state index contributed by atoms with van der Waals surface area (Å²) in [7, 11) is 0. The molecule has 5 rings (SSSR count). The Hall–Kier alpha value is -3.74. The van der Waals surface area contributed by atoms with Gasteiger partial charge in [-0.3, -0.25) is 0 Å². The lowest BCUT2D eigenvalue weighted by Crippen LogP contribution is -2.45. The van der Waals surface area contributed by atoms with E-state index in [1.165, 1.54) is 18.2 Å². The number of benzene rings is 3. The summed E-state index contributed by atoms with van der Waals surface area (Å²) in [4.78, 5) is 15.2. The van der Waals surface area contributed by atoms with Gasteiger partial charge in [-0.05, 0) is 72.2 Å². The topological polar surface area (TPSA) is 54.1 Å². The molecule has 0 radical (unpaired) electrons. The van der Waals surface area contributed by atoms with Crippen LogP contribution in [0, 0.1) is 23.4 Å². The monoisotopic (exact) mass is 464 g/mol. The molecule has 1 saturated carbocycles. The van der Waals surface area contributed by atoms with Crippen LogP contribution in [0.5, 0.6) is 0 Å². The lowest BCUT2D eigenvalue weighted by atomic mass is 9.76. The summed E-state index contributed by atoms with van der Waals surface area (Å²) in [6, 6.07) is 17.5. The lowest BCUT2D eigenvalue weighted by Gasteiger charge is -2.35. The molecule has 1 amide bonds. The highest BCUT2D eigenvalue weighted by atomic mass is 19.1. The van der Waals surface area contributed by atoms with Crippen LogP contribution in [0.25, 0.3) is 22.2 Å². The molecule has 34 heavy (non-hydrogen) atoms. The van der Waals surface area contributed by atoms with Crippen molar-refractivity contribution in [2.75, 3.05) is 0 Å². The first kappa shape index (κ1) is 22.1. The first-order valence-electron chi connectivity index (χ1n) is 11.2. The molecule has 1 heterocycles. The SMILES string of the molecule is O=C(N[C@H]1C[C@@H](Cc2c(-c3ccc(F)cc3)[nH]c3c(F)cc(F)cc23)C1)OCc1ccccc1. The van der Waals surface area contributed by atoms with Gasteiger partial charge in [0.05, 0.1) is 5.52 Å². The van der Waals surface area contributed by atoms with E-state index in [-0.39, 0.29) is 29.9 Å². The van der Waals surface area contributed by atoms with Gasteiger partial charge in [-0.2, -0.15) is 0 Å². The summed E-state index contributed by atoms with van der Waals surface area (Å²) in [5.41, 5.74) is 3.28. The van der Waals surface area contributed by atoms with Gasteiger partial charge in [-0.15, -0.1) is 0 Å². The maximum Gasteiger partial charge on any atom is 0.407 e. The van der Waals surface area contributed by atoms with Crippen LogP contribution in [0.2, 0.25) is 0 Å². The highest BCUT2D eigenvalue weighted by Gasteiger charge is 2.32. The number of aromatic nitrogens is 1. The average molecular weight is 464 g/mol. The predicted molar refractivity (Wildman–Crippen MR) is 124 cm³/mol. The molecule has 1 aromatic heterocycles. The van der Waals surface area contributed by atoms with Gasteiger partial charge in [0.15, 0.2) is 0 Å². The van der Waals surface area contributed by atoms with Gasteiger partial charge < -0.3 is 15.0 Å². The highest BCUT2D eigenvalue weighted by Crippen LogP contribution is 2.38. The number of carbonyl (C=O) groups excluding carboxylic acids is 1. The van der Waals surface area contributed by atoms with Crippen molar-refractivity contribution in [1.82, 2.24) is 10.3 Å². The molecule has 1 fully saturated rings. The number of H-pyrrole nitrogens is 1. The average Bonchev–Trinajstić information content (AvgIpc) is 3.16. The third-order valence-corrected chi connectivity index (χ3v) is 6.33. The Bertz CT molecular complexity index is 1310. The van der Waals surface area contributed by atoms with Crippen molar-refractivity contribution in [1.29, 1.82) is 0 Å². The Morgan fingerprint density at radius 1 is 0.971 bits per heavy atom. The largest absolute Gasteiger partial charge is 0.445 e. The van der Waals surface area contributed by atoms with Gasteiger partial charge in [-0.25, -0.2) is 18.0 Å². The Balaban J connectivity index is 1.27. The summed E-state index contributed by atoms with van der Waals surface area (Å²) in [6.07, 6.45) is 1.57. The summed E-state index contributed by atoms with van der Waals surface area (Å²) >= 11 is 0. The molecule has 4 nitrogen and oxygen atoms in total. The quantitative estimate of drug-likeness (QED) is 0.342. The van der Waals surface area contributed by atoms with E-state index in [0.29, 0.717) is 23.1 Å². The first-order chi connectivity index (χ1) is 16.5. The zero-order chi connectivity index (χ0) is 23.7. The van der Waals surface area contributed by atoms with Crippen molar-refractivity contribution in [3.8, 4) is 11.3 Å². The normalized spacial score (nSPS) is 17.4. The van der Waals surface area contributed by atoms with Crippen molar-refractivity contribution in [3.63, 3.8) is 0 Å². The molecule has 1 aliphatic rings. The smallest absolute Gasteiger partial charge is 0.407 e. The van der Waals surface area contributed by atoms with Crippen LogP contribution < -0.4 is 5.32 Å². The molecular weight excluding hydrogens is 441 g/mol. The molecule has 7 heteroatoms. The number of halogens is 3. The molecule has 3 aromatic carbocycles. The van der Waals surface area contributed by atoms with Gasteiger partial charge in [-0.1, -0.05) is 30.3 Å². The van der Waals surface area contributed by atoms with Crippen molar-refractivity contribution in [3.05, 3.63) is 95.3 Å². The van der Waals surface area contributed by atoms with Crippen molar-refractivity contribution < 1.29 is 22.7 Å². The summed E-state index contributed by atoms with van der Waals surface area (Å²) in [5.74, 6) is -1.46. The fraction of sp³-hybridized carbons (Fsp3) is 0.222. The van der Waals surface area contributed by atoms with Crippen molar-refractivity contribution in [2.24, 2.45) is 5.92 Å². The van der Waals surface area contributed by atoms with Gasteiger partial charge in [0.2, 0.25) is 0 Å². The third kappa shape index (κ3) is 4.64. The molecule has 0 atom stereocenters. The molecule has 4 aromatic rings. The zero-order valence-corrected chi connectivity index (χ0v) is 18.3. The van der Waals surface area contributed by atoms with Gasteiger partial charge >= 0.3 is 6.09 Å². The molecule has 1 aliphatic carbocycles. The van der Waals surface area contributed by atoms with Crippen LogP contribution in [-0.4, -0.2) is 17.1 Å². The summed E-state index contributed by atoms with van der Waals surface area (Å²) in [6.45, 7) is 0.205. The molecule has 0 saturated heterocycles. The number of fused-ring (bicyclic) bond motifs is 1. The maximum atomic E-state index is 14.5. The number of nitrogens with one attached hydrogen (secondary N) is 2. The maximum absolute atomic E-state index is 14.5. The van der Waals surface area contributed by atoms with E-state index < -0.39 is 17.7 Å². The van der Waals surface area contributed by atoms with E-state index in [2.05, 4.69) is 10.3 Å². The van der Waals surface area contributed by atoms with E-state index in [0.717, 1.165) is 30.0 Å². The predicted octanol–water partition coefficient (Wildman–Crippen LogP) is 6.50. The second kappa shape index (κ2) is 9.25. The lowest BCUT2D eigenvalue weighted by molar-refractivity contribution is 0.122. The third-order valence-electron chi connectivity index (χ3n) is 6.33. The molecule has 0 spiro atoms. The number of hydrogen-bond acceptors (Lipinski definition) is 2. The number of ether oxygens (including phenoxy) is 1. The van der Waals surface area contributed by atoms with Crippen LogP contribution in [-0.2, 0) is 17.8 Å². The number of amides is 1. The number of hydrogen-bond donors (Lipinski definition) is 2. The number of carbonyl (C=O) groups is 1. The summed E-state index contributed by atoms with van der Waals surface area (Å²) < 4.78 is 47.2. The van der Waals surface area contributed by atoms with Crippen molar-refractivity contribution in [2.45, 2.75) is 31.9 Å². The molecule has 174 valence electrons. The van der Waals surface area contributed by atoms with Gasteiger partial charge in [0.25, 0.3) is 0 Å². The van der Waals surface area contributed by atoms with E-state index >= 15 is 0 Å². The van der Waals surface area contributed by atoms with E-state index in [1.807, 2.05) is 30.3 Å². The molecule has 0 aliphatic heterocycles. The Morgan fingerprint density at radius 3 is 2.44 bits per heavy atom. The van der Waals surface area contributed by atoms with Gasteiger partial charge in [0.1, 0.15) is 24.1 Å². The number of rotatable bonds is 6. The van der Waals surface area contributed by atoms with Crippen molar-refractivity contribution >= 4 is 17.0 Å². The Labute approximate surface area is 194 Å². The molecular formula is C27H23F3N2O2.